The van der Waals surface area contributed by atoms with Gasteiger partial charge in [0.25, 0.3) is 0 Å². The molecule has 4 aromatic heterocycles. The Morgan fingerprint density at radius 1 is 0.800 bits per heavy atom. The van der Waals surface area contributed by atoms with Crippen molar-refractivity contribution in [2.24, 2.45) is 0 Å². The molecule has 6 rings (SSSR count). The fourth-order valence-corrected chi connectivity index (χ4v) is 5.80. The van der Waals surface area contributed by atoms with E-state index in [1.165, 1.54) is 12.4 Å². The fraction of sp³-hybridized carbons (Fsp3) is 0.188. The molecule has 0 unspecified atom stereocenters. The van der Waals surface area contributed by atoms with Gasteiger partial charge in [0, 0.05) is 81.8 Å². The number of hydrogen-bond acceptors (Lipinski definition) is 8. The number of fused-ring (bicyclic) bond motifs is 2. The number of hydrogen-bond donors (Lipinski definition) is 2. The predicted octanol–water partition coefficient (Wildman–Crippen LogP) is 6.55. The van der Waals surface area contributed by atoms with Gasteiger partial charge in [0.05, 0.1) is 47.0 Å². The van der Waals surface area contributed by atoms with E-state index in [1.807, 2.05) is 30.6 Å². The van der Waals surface area contributed by atoms with Crippen molar-refractivity contribution in [3.63, 3.8) is 0 Å². The second kappa shape index (κ2) is 14.4. The van der Waals surface area contributed by atoms with E-state index in [0.29, 0.717) is 41.2 Å². The Kier molecular flexibility index (Phi) is 10.4. The van der Waals surface area contributed by atoms with Crippen LogP contribution in [0.4, 0.5) is 11.9 Å². The van der Waals surface area contributed by atoms with E-state index in [1.54, 1.807) is 14.2 Å². The van der Waals surface area contributed by atoms with Crippen molar-refractivity contribution in [2.75, 3.05) is 38.9 Å². The minimum Gasteiger partial charge on any atom is -0.383 e. The molecule has 0 saturated heterocycles. The van der Waals surface area contributed by atoms with Gasteiger partial charge in [0.2, 0.25) is 11.9 Å². The van der Waals surface area contributed by atoms with E-state index in [-0.39, 0.29) is 11.9 Å². The molecule has 0 bridgehead atoms. The van der Waals surface area contributed by atoms with Crippen LogP contribution in [0, 0.1) is 15.9 Å². The third-order valence-electron chi connectivity index (χ3n) is 7.00. The van der Waals surface area contributed by atoms with Gasteiger partial charge in [-0.3, -0.25) is 0 Å². The molecule has 45 heavy (non-hydrogen) atoms. The van der Waals surface area contributed by atoms with Gasteiger partial charge in [-0.2, -0.15) is 0 Å². The van der Waals surface area contributed by atoms with Gasteiger partial charge in [-0.1, -0.05) is 29.1 Å². The summed E-state index contributed by atoms with van der Waals surface area (Å²) in [4.78, 5) is 16.4. The SMILES string of the molecule is C#Cc1ccc2c(c1)c(-c1nc(N)ncc1Cl)cn2CCOC.COCCn1cc(-c2nc(N)ncc2Cl)c2cc(I)ccc21. The summed E-state index contributed by atoms with van der Waals surface area (Å²) in [5.74, 6) is 3.04. The Bertz CT molecular complexity index is 2040. The van der Waals surface area contributed by atoms with E-state index < -0.39 is 0 Å². The molecule has 0 fully saturated rings. The highest BCUT2D eigenvalue weighted by atomic mass is 127. The van der Waals surface area contributed by atoms with E-state index in [9.17, 15) is 0 Å². The third kappa shape index (κ3) is 7.16. The maximum absolute atomic E-state index is 6.27. The Labute approximate surface area is 283 Å². The molecule has 230 valence electrons. The molecule has 4 N–H and O–H groups in total. The summed E-state index contributed by atoms with van der Waals surface area (Å²) in [5.41, 5.74) is 17.4. The molecule has 0 aliphatic rings. The number of nitrogen functional groups attached to an aromatic ring is 2. The van der Waals surface area contributed by atoms with E-state index in [0.717, 1.165) is 48.6 Å². The van der Waals surface area contributed by atoms with Gasteiger partial charge in [0.1, 0.15) is 0 Å². The monoisotopic (exact) mass is 754 g/mol. The zero-order valence-electron chi connectivity index (χ0n) is 24.5. The first-order valence-electron chi connectivity index (χ1n) is 13.7. The summed E-state index contributed by atoms with van der Waals surface area (Å²) in [6.07, 6.45) is 12.6. The highest BCUT2D eigenvalue weighted by Crippen LogP contribution is 2.36. The highest BCUT2D eigenvalue weighted by Gasteiger charge is 2.17. The molecule has 0 aliphatic heterocycles. The average molecular weight is 755 g/mol. The average Bonchev–Trinajstić information content (AvgIpc) is 3.58. The van der Waals surface area contributed by atoms with Crippen molar-refractivity contribution in [3.8, 4) is 34.9 Å². The smallest absolute Gasteiger partial charge is 0.220 e. The first-order valence-corrected chi connectivity index (χ1v) is 15.5. The number of aromatic nitrogens is 6. The van der Waals surface area contributed by atoms with Gasteiger partial charge in [-0.05, 0) is 59.0 Å². The summed E-state index contributed by atoms with van der Waals surface area (Å²) in [6, 6.07) is 12.1. The van der Waals surface area contributed by atoms with Crippen LogP contribution in [0.2, 0.25) is 10.0 Å². The van der Waals surface area contributed by atoms with Crippen LogP contribution in [0.25, 0.3) is 44.3 Å². The van der Waals surface area contributed by atoms with Crippen molar-refractivity contribution in [2.45, 2.75) is 13.1 Å². The second-order valence-corrected chi connectivity index (χ2v) is 11.9. The lowest BCUT2D eigenvalue weighted by Gasteiger charge is -2.03. The quantitative estimate of drug-likeness (QED) is 0.132. The van der Waals surface area contributed by atoms with Gasteiger partial charge < -0.3 is 30.1 Å². The number of nitrogens with two attached hydrogens (primary N) is 2. The van der Waals surface area contributed by atoms with Gasteiger partial charge >= 0.3 is 0 Å². The van der Waals surface area contributed by atoms with Crippen LogP contribution >= 0.6 is 45.8 Å². The topological polar surface area (TPSA) is 132 Å². The van der Waals surface area contributed by atoms with Gasteiger partial charge in [0.15, 0.2) is 0 Å². The minimum absolute atomic E-state index is 0.176. The molecule has 0 radical (unpaired) electrons. The lowest BCUT2D eigenvalue weighted by Crippen LogP contribution is -2.02. The maximum atomic E-state index is 6.27. The largest absolute Gasteiger partial charge is 0.383 e. The van der Waals surface area contributed by atoms with Crippen molar-refractivity contribution in [3.05, 3.63) is 80.4 Å². The number of benzene rings is 2. The number of rotatable bonds is 8. The zero-order chi connectivity index (χ0) is 32.1. The summed E-state index contributed by atoms with van der Waals surface area (Å²) < 4.78 is 15.7. The molecule has 0 spiro atoms. The lowest BCUT2D eigenvalue weighted by atomic mass is 10.1. The van der Waals surface area contributed by atoms with Crippen LogP contribution in [0.1, 0.15) is 5.56 Å². The van der Waals surface area contributed by atoms with Gasteiger partial charge in [-0.15, -0.1) is 6.42 Å². The Balaban J connectivity index is 0.000000178. The predicted molar refractivity (Wildman–Crippen MR) is 189 cm³/mol. The molecule has 10 nitrogen and oxygen atoms in total. The van der Waals surface area contributed by atoms with E-state index in [4.69, 9.17) is 50.6 Å². The number of methoxy groups -OCH3 is 2. The molecule has 0 aliphatic carbocycles. The number of ether oxygens (including phenoxy) is 2. The van der Waals surface area contributed by atoms with Crippen LogP contribution in [0.15, 0.2) is 61.2 Å². The van der Waals surface area contributed by atoms with Crippen LogP contribution in [-0.2, 0) is 22.6 Å². The Hall–Kier alpha value is -3.93. The maximum Gasteiger partial charge on any atom is 0.220 e. The lowest BCUT2D eigenvalue weighted by molar-refractivity contribution is 0.188. The van der Waals surface area contributed by atoms with Gasteiger partial charge in [-0.25, -0.2) is 19.9 Å². The van der Waals surface area contributed by atoms with Crippen LogP contribution in [0.3, 0.4) is 0 Å². The molecule has 4 heterocycles. The first kappa shape index (κ1) is 32.5. The minimum atomic E-state index is 0.176. The van der Waals surface area contributed by atoms with Crippen LogP contribution in [-0.4, -0.2) is 56.5 Å². The normalized spacial score (nSPS) is 11.0. The molecule has 2 aromatic carbocycles. The van der Waals surface area contributed by atoms with E-state index in [2.05, 4.69) is 75.8 Å². The highest BCUT2D eigenvalue weighted by molar-refractivity contribution is 14.1. The second-order valence-electron chi connectivity index (χ2n) is 9.85. The summed E-state index contributed by atoms with van der Waals surface area (Å²) in [7, 11) is 3.36. The Morgan fingerprint density at radius 3 is 1.78 bits per heavy atom. The first-order chi connectivity index (χ1) is 21.7. The van der Waals surface area contributed by atoms with Crippen LogP contribution < -0.4 is 11.5 Å². The van der Waals surface area contributed by atoms with Crippen LogP contribution in [0.5, 0.6) is 0 Å². The molecule has 6 aromatic rings. The third-order valence-corrected chi connectivity index (χ3v) is 8.22. The van der Waals surface area contributed by atoms with E-state index >= 15 is 0 Å². The zero-order valence-corrected chi connectivity index (χ0v) is 28.1. The fourth-order valence-electron chi connectivity index (χ4n) is 4.92. The van der Waals surface area contributed by atoms with Crippen molar-refractivity contribution < 1.29 is 9.47 Å². The summed E-state index contributed by atoms with van der Waals surface area (Å²) >= 11 is 14.8. The Morgan fingerprint density at radius 2 is 1.29 bits per heavy atom. The molecular formula is C32H29Cl2IN8O2. The van der Waals surface area contributed by atoms with Crippen molar-refractivity contribution >= 4 is 79.5 Å². The van der Waals surface area contributed by atoms with Crippen molar-refractivity contribution in [1.29, 1.82) is 0 Å². The summed E-state index contributed by atoms with van der Waals surface area (Å²) in [6.45, 7) is 2.70. The number of nitrogens with zero attached hydrogens (tertiary/aromatic N) is 6. The number of halogens is 3. The molecule has 0 saturated carbocycles. The standard InChI is InChI=1S/C17H15ClN4O.C15H14ClIN4O/c1-3-11-4-5-15-12(8-11)13(10-22(15)6-7-23-2)16-14(18)9-20-17(19)21-16;1-22-5-4-21-8-11(10-6-9(17)2-3-13(10)21)14-12(16)7-19-15(18)20-14/h1,4-5,8-10H,6-7H2,2H3,(H2,19,20,21);2-3,6-8H,4-5H2,1H3,(H2,18,19,20). The van der Waals surface area contributed by atoms with Crippen molar-refractivity contribution in [1.82, 2.24) is 29.1 Å². The number of terminal acetylenes is 1. The molecule has 13 heteroatoms. The molecule has 0 atom stereocenters. The molecule has 0 amide bonds. The molecular weight excluding hydrogens is 726 g/mol. The summed E-state index contributed by atoms with van der Waals surface area (Å²) in [5, 5.41) is 2.98. The number of anilines is 2.